The summed E-state index contributed by atoms with van der Waals surface area (Å²) < 4.78 is 21.3. The maximum absolute atomic E-state index is 5.44. The lowest BCUT2D eigenvalue weighted by atomic mass is 10.1. The molecule has 0 unspecified atom stereocenters. The number of methoxy groups -OCH3 is 4. The second-order valence-corrected chi connectivity index (χ2v) is 5.42. The van der Waals surface area contributed by atoms with Gasteiger partial charge in [0.1, 0.15) is 23.0 Å². The van der Waals surface area contributed by atoms with Crippen LogP contribution in [0.2, 0.25) is 0 Å². The highest BCUT2D eigenvalue weighted by molar-refractivity contribution is 5.71. The van der Waals surface area contributed by atoms with Crippen LogP contribution in [0.3, 0.4) is 0 Å². The summed E-state index contributed by atoms with van der Waals surface area (Å²) in [7, 11) is 6.46. The fraction of sp³-hybridized carbons (Fsp3) is 0.200. The van der Waals surface area contributed by atoms with E-state index in [2.05, 4.69) is 9.97 Å². The van der Waals surface area contributed by atoms with Crippen LogP contribution < -0.4 is 18.9 Å². The number of ether oxygens (including phenoxy) is 4. The number of hydrogen-bond donors (Lipinski definition) is 0. The molecule has 0 spiro atoms. The van der Waals surface area contributed by atoms with Gasteiger partial charge in [-0.1, -0.05) is 0 Å². The Morgan fingerprint density at radius 3 is 1.31 bits per heavy atom. The molecule has 6 heteroatoms. The predicted molar refractivity (Wildman–Crippen MR) is 99.1 cm³/mol. The maximum Gasteiger partial charge on any atom is 0.132 e. The fourth-order valence-electron chi connectivity index (χ4n) is 2.63. The number of hydrogen-bond acceptors (Lipinski definition) is 6. The van der Waals surface area contributed by atoms with E-state index >= 15 is 0 Å². The standard InChI is InChI=1S/C20H20N2O4/c1-23-13-5-7-15(19(9-13)25-3)17-11-22-18(12-21-17)16-8-6-14(24-2)10-20(16)26-4/h5-12H,1-4H3. The first-order valence-electron chi connectivity index (χ1n) is 7.97. The van der Waals surface area contributed by atoms with Crippen LogP contribution in [0, 0.1) is 0 Å². The van der Waals surface area contributed by atoms with E-state index in [1.54, 1.807) is 40.8 Å². The minimum absolute atomic E-state index is 0.674. The van der Waals surface area contributed by atoms with Crippen LogP contribution >= 0.6 is 0 Å². The summed E-state index contributed by atoms with van der Waals surface area (Å²) in [5.74, 6) is 2.79. The Labute approximate surface area is 152 Å². The van der Waals surface area contributed by atoms with Crippen molar-refractivity contribution in [3.63, 3.8) is 0 Å². The summed E-state index contributed by atoms with van der Waals surface area (Å²) in [5.41, 5.74) is 3.10. The monoisotopic (exact) mass is 352 g/mol. The Bertz CT molecular complexity index is 820. The normalized spacial score (nSPS) is 10.3. The van der Waals surface area contributed by atoms with Crippen molar-refractivity contribution in [3.05, 3.63) is 48.8 Å². The van der Waals surface area contributed by atoms with Gasteiger partial charge in [0, 0.05) is 23.3 Å². The predicted octanol–water partition coefficient (Wildman–Crippen LogP) is 3.85. The minimum atomic E-state index is 0.674. The highest BCUT2D eigenvalue weighted by Gasteiger charge is 2.12. The van der Waals surface area contributed by atoms with Crippen LogP contribution in [-0.4, -0.2) is 38.4 Å². The molecule has 0 saturated carbocycles. The Kier molecular flexibility index (Phi) is 5.22. The number of benzene rings is 2. The lowest BCUT2D eigenvalue weighted by Crippen LogP contribution is -1.95. The Morgan fingerprint density at radius 1 is 0.577 bits per heavy atom. The zero-order valence-electron chi connectivity index (χ0n) is 15.1. The molecule has 0 amide bonds. The van der Waals surface area contributed by atoms with Gasteiger partial charge in [-0.3, -0.25) is 9.97 Å². The highest BCUT2D eigenvalue weighted by Crippen LogP contribution is 2.34. The second-order valence-electron chi connectivity index (χ2n) is 5.42. The third kappa shape index (κ3) is 3.39. The first-order valence-corrected chi connectivity index (χ1v) is 7.97. The third-order valence-electron chi connectivity index (χ3n) is 4.02. The molecule has 0 radical (unpaired) electrons. The average molecular weight is 352 g/mol. The fourth-order valence-corrected chi connectivity index (χ4v) is 2.63. The molecular weight excluding hydrogens is 332 g/mol. The number of nitrogens with zero attached hydrogens (tertiary/aromatic N) is 2. The molecule has 1 aromatic heterocycles. The lowest BCUT2D eigenvalue weighted by Gasteiger charge is -2.12. The van der Waals surface area contributed by atoms with Gasteiger partial charge in [-0.15, -0.1) is 0 Å². The average Bonchev–Trinajstić information content (AvgIpc) is 2.72. The quantitative estimate of drug-likeness (QED) is 0.672. The van der Waals surface area contributed by atoms with Gasteiger partial charge in [-0.2, -0.15) is 0 Å². The van der Waals surface area contributed by atoms with Crippen molar-refractivity contribution < 1.29 is 18.9 Å². The molecule has 0 fully saturated rings. The Morgan fingerprint density at radius 2 is 1.00 bits per heavy atom. The van der Waals surface area contributed by atoms with Gasteiger partial charge in [0.15, 0.2) is 0 Å². The van der Waals surface area contributed by atoms with Crippen LogP contribution in [-0.2, 0) is 0 Å². The van der Waals surface area contributed by atoms with Crippen LogP contribution in [0.25, 0.3) is 22.5 Å². The van der Waals surface area contributed by atoms with E-state index in [1.807, 2.05) is 36.4 Å². The summed E-state index contributed by atoms with van der Waals surface area (Å²) in [6.45, 7) is 0. The summed E-state index contributed by atoms with van der Waals surface area (Å²) >= 11 is 0. The molecule has 0 aliphatic heterocycles. The smallest absolute Gasteiger partial charge is 0.132 e. The minimum Gasteiger partial charge on any atom is -0.497 e. The maximum atomic E-state index is 5.44. The first kappa shape index (κ1) is 17.5. The van der Waals surface area contributed by atoms with Crippen LogP contribution in [0.4, 0.5) is 0 Å². The molecule has 3 rings (SSSR count). The van der Waals surface area contributed by atoms with Crippen molar-refractivity contribution in [1.29, 1.82) is 0 Å². The SMILES string of the molecule is COc1ccc(-c2cnc(-c3ccc(OC)cc3OC)cn2)c(OC)c1. The van der Waals surface area contributed by atoms with Crippen molar-refractivity contribution in [2.24, 2.45) is 0 Å². The lowest BCUT2D eigenvalue weighted by molar-refractivity contribution is 0.395. The van der Waals surface area contributed by atoms with Crippen LogP contribution in [0.5, 0.6) is 23.0 Å². The van der Waals surface area contributed by atoms with E-state index in [-0.39, 0.29) is 0 Å². The van der Waals surface area contributed by atoms with E-state index in [1.165, 1.54) is 0 Å². The summed E-state index contributed by atoms with van der Waals surface area (Å²) in [6.07, 6.45) is 3.42. The van der Waals surface area contributed by atoms with Gasteiger partial charge in [-0.05, 0) is 24.3 Å². The molecule has 0 aliphatic rings. The highest BCUT2D eigenvalue weighted by atomic mass is 16.5. The van der Waals surface area contributed by atoms with Gasteiger partial charge >= 0.3 is 0 Å². The molecule has 6 nitrogen and oxygen atoms in total. The number of rotatable bonds is 6. The zero-order valence-corrected chi connectivity index (χ0v) is 15.1. The topological polar surface area (TPSA) is 62.7 Å². The third-order valence-corrected chi connectivity index (χ3v) is 4.02. The summed E-state index contributed by atoms with van der Waals surface area (Å²) in [5, 5.41) is 0. The first-order chi connectivity index (χ1) is 12.7. The Balaban J connectivity index is 1.97. The van der Waals surface area contributed by atoms with Crippen molar-refractivity contribution in [2.75, 3.05) is 28.4 Å². The number of aromatic nitrogens is 2. The van der Waals surface area contributed by atoms with Gasteiger partial charge in [0.25, 0.3) is 0 Å². The van der Waals surface area contributed by atoms with E-state index in [9.17, 15) is 0 Å². The molecule has 2 aromatic carbocycles. The molecule has 134 valence electrons. The second kappa shape index (κ2) is 7.74. The molecule has 0 saturated heterocycles. The van der Waals surface area contributed by atoms with E-state index in [0.717, 1.165) is 22.6 Å². The van der Waals surface area contributed by atoms with E-state index < -0.39 is 0 Å². The largest absolute Gasteiger partial charge is 0.497 e. The van der Waals surface area contributed by atoms with Gasteiger partial charge < -0.3 is 18.9 Å². The molecule has 0 aliphatic carbocycles. The van der Waals surface area contributed by atoms with Crippen molar-refractivity contribution in [3.8, 4) is 45.5 Å². The molecular formula is C20H20N2O4. The van der Waals surface area contributed by atoms with E-state index in [4.69, 9.17) is 18.9 Å². The van der Waals surface area contributed by atoms with Gasteiger partial charge in [-0.25, -0.2) is 0 Å². The van der Waals surface area contributed by atoms with Gasteiger partial charge in [0.2, 0.25) is 0 Å². The van der Waals surface area contributed by atoms with Crippen molar-refractivity contribution >= 4 is 0 Å². The zero-order chi connectivity index (χ0) is 18.5. The molecule has 0 N–H and O–H groups in total. The van der Waals surface area contributed by atoms with Crippen LogP contribution in [0.15, 0.2) is 48.8 Å². The van der Waals surface area contributed by atoms with Gasteiger partial charge in [0.05, 0.1) is 52.2 Å². The van der Waals surface area contributed by atoms with Crippen LogP contribution in [0.1, 0.15) is 0 Å². The molecule has 26 heavy (non-hydrogen) atoms. The Hall–Kier alpha value is -3.28. The van der Waals surface area contributed by atoms with E-state index in [0.29, 0.717) is 22.9 Å². The summed E-state index contributed by atoms with van der Waals surface area (Å²) in [4.78, 5) is 9.07. The molecule has 0 atom stereocenters. The van der Waals surface area contributed by atoms with Crippen molar-refractivity contribution in [1.82, 2.24) is 9.97 Å². The molecule has 3 aromatic rings. The molecule has 0 bridgehead atoms. The summed E-state index contributed by atoms with van der Waals surface area (Å²) in [6, 6.07) is 11.2. The van der Waals surface area contributed by atoms with Crippen molar-refractivity contribution in [2.45, 2.75) is 0 Å². The molecule has 1 heterocycles.